The van der Waals surface area contributed by atoms with Gasteiger partial charge in [-0.2, -0.15) is 0 Å². The highest BCUT2D eigenvalue weighted by Crippen LogP contribution is 2.27. The molecule has 1 aromatic rings. The van der Waals surface area contributed by atoms with Gasteiger partial charge < -0.3 is 35.0 Å². The van der Waals surface area contributed by atoms with E-state index < -0.39 is 48.4 Å². The van der Waals surface area contributed by atoms with E-state index in [1.807, 2.05) is 0 Å². The molecule has 1 amide bonds. The van der Waals surface area contributed by atoms with Crippen molar-refractivity contribution in [1.29, 1.82) is 0 Å². The summed E-state index contributed by atoms with van der Waals surface area (Å²) in [7, 11) is 0. The molecule has 12 nitrogen and oxygen atoms in total. The number of imidazole rings is 1. The molecule has 12 heteroatoms. The van der Waals surface area contributed by atoms with Crippen molar-refractivity contribution >= 4 is 29.6 Å². The number of nitrogen functional groups attached to an aromatic ring is 1. The molecular weight excluding hydrogens is 364 g/mol. The van der Waals surface area contributed by atoms with E-state index >= 15 is 0 Å². The van der Waals surface area contributed by atoms with E-state index in [0.717, 1.165) is 13.8 Å². The molecule has 0 saturated carbocycles. The van der Waals surface area contributed by atoms with Crippen molar-refractivity contribution in [2.75, 3.05) is 12.3 Å². The smallest absolute Gasteiger partial charge is 0.303 e. The predicted molar refractivity (Wildman–Crippen MR) is 86.9 cm³/mol. The minimum atomic E-state index is -1.19. The van der Waals surface area contributed by atoms with Gasteiger partial charge in [0.25, 0.3) is 5.91 Å². The lowest BCUT2D eigenvalue weighted by Crippen LogP contribution is -2.47. The summed E-state index contributed by atoms with van der Waals surface area (Å²) in [6, 6.07) is 0. The fraction of sp³-hybridized carbons (Fsp3) is 0.533. The summed E-state index contributed by atoms with van der Waals surface area (Å²) in [6.45, 7) is 3.22. The van der Waals surface area contributed by atoms with Gasteiger partial charge in [0.1, 0.15) is 18.5 Å². The highest BCUT2D eigenvalue weighted by atomic mass is 16.7. The number of hydrogen-bond acceptors (Lipinski definition) is 10. The summed E-state index contributed by atoms with van der Waals surface area (Å²) in [5, 5.41) is 2.47. The van der Waals surface area contributed by atoms with Crippen LogP contribution in [-0.2, 0) is 33.3 Å². The van der Waals surface area contributed by atoms with E-state index in [1.54, 1.807) is 0 Å². The Bertz CT molecular complexity index is 733. The molecule has 1 fully saturated rings. The Labute approximate surface area is 153 Å². The molecule has 0 radical (unpaired) electrons. The van der Waals surface area contributed by atoms with Gasteiger partial charge in [-0.1, -0.05) is 0 Å². The van der Waals surface area contributed by atoms with Crippen molar-refractivity contribution in [2.45, 2.75) is 45.3 Å². The molecule has 2 heterocycles. The first-order valence-corrected chi connectivity index (χ1v) is 7.92. The zero-order valence-corrected chi connectivity index (χ0v) is 14.9. The first-order valence-electron chi connectivity index (χ1n) is 7.92. The Balaban J connectivity index is 2.22. The van der Waals surface area contributed by atoms with Crippen LogP contribution in [0.15, 0.2) is 6.33 Å². The van der Waals surface area contributed by atoms with Crippen LogP contribution in [0.5, 0.6) is 0 Å². The third kappa shape index (κ3) is 5.17. The molecular formula is C15H20N4O8. The van der Waals surface area contributed by atoms with Crippen molar-refractivity contribution in [3.8, 4) is 0 Å². The maximum Gasteiger partial charge on any atom is 0.303 e. The van der Waals surface area contributed by atoms with E-state index in [1.165, 1.54) is 13.3 Å². The van der Waals surface area contributed by atoms with E-state index in [0.29, 0.717) is 0 Å². The molecule has 148 valence electrons. The third-order valence-electron chi connectivity index (χ3n) is 3.52. The molecule has 0 aliphatic carbocycles. The lowest BCUT2D eigenvalue weighted by atomic mass is 10.1. The number of nitrogens with zero attached hydrogens (tertiary/aromatic N) is 1. The zero-order chi connectivity index (χ0) is 20.1. The highest BCUT2D eigenvalue weighted by Gasteiger charge is 2.50. The SMILES string of the molecule is CC(=O)OC[C@H]1O[C@@H](NC(=O)c2nc[nH]c2N)[C@H](OC(C)=O)[C@@H]1OC(C)=O. The Hall–Kier alpha value is -3.15. The van der Waals surface area contributed by atoms with E-state index in [-0.39, 0.29) is 18.1 Å². The fourth-order valence-corrected chi connectivity index (χ4v) is 2.51. The van der Waals surface area contributed by atoms with Gasteiger partial charge in [-0.3, -0.25) is 19.2 Å². The van der Waals surface area contributed by atoms with Crippen molar-refractivity contribution in [3.05, 3.63) is 12.0 Å². The number of anilines is 1. The third-order valence-corrected chi connectivity index (χ3v) is 3.52. The first-order chi connectivity index (χ1) is 12.7. The molecule has 1 aliphatic rings. The molecule has 4 atom stereocenters. The van der Waals surface area contributed by atoms with Gasteiger partial charge in [0.05, 0.1) is 6.33 Å². The topological polar surface area (TPSA) is 172 Å². The van der Waals surface area contributed by atoms with Crippen molar-refractivity contribution in [2.24, 2.45) is 0 Å². The fourth-order valence-electron chi connectivity index (χ4n) is 2.51. The van der Waals surface area contributed by atoms with E-state index in [4.69, 9.17) is 24.7 Å². The quantitative estimate of drug-likeness (QED) is 0.402. The van der Waals surface area contributed by atoms with Crippen LogP contribution in [0.3, 0.4) is 0 Å². The first kappa shape index (κ1) is 20.2. The zero-order valence-electron chi connectivity index (χ0n) is 14.9. The Morgan fingerprint density at radius 3 is 2.30 bits per heavy atom. The van der Waals surface area contributed by atoms with Crippen molar-refractivity contribution < 1.29 is 38.1 Å². The Morgan fingerprint density at radius 2 is 1.78 bits per heavy atom. The van der Waals surface area contributed by atoms with Crippen LogP contribution in [0.25, 0.3) is 0 Å². The normalized spacial score (nSPS) is 24.1. The van der Waals surface area contributed by atoms with Crippen LogP contribution in [-0.4, -0.2) is 64.9 Å². The van der Waals surface area contributed by atoms with Gasteiger partial charge >= 0.3 is 17.9 Å². The lowest BCUT2D eigenvalue weighted by Gasteiger charge is -2.23. The average molecular weight is 384 g/mol. The highest BCUT2D eigenvalue weighted by molar-refractivity contribution is 5.96. The summed E-state index contributed by atoms with van der Waals surface area (Å²) in [6.07, 6.45) is -3.20. The van der Waals surface area contributed by atoms with Gasteiger partial charge in [-0.15, -0.1) is 0 Å². The van der Waals surface area contributed by atoms with Crippen LogP contribution in [0.1, 0.15) is 31.3 Å². The van der Waals surface area contributed by atoms with Gasteiger partial charge in [-0.25, -0.2) is 4.98 Å². The summed E-state index contributed by atoms with van der Waals surface area (Å²) >= 11 is 0. The number of rotatable bonds is 6. The molecule has 1 aromatic heterocycles. The predicted octanol–water partition coefficient (Wildman–Crippen LogP) is -1.13. The standard InChI is InChI=1S/C15H20N4O8/c1-6(20)24-4-9-11(25-7(2)21)12(26-8(3)22)15(27-9)19-14(23)10-13(16)18-5-17-10/h5,9,11-12,15H,4,16H2,1-3H3,(H,17,18)(H,19,23)/t9-,11-,12-,15-/m1/s1. The molecule has 27 heavy (non-hydrogen) atoms. The number of nitrogens with one attached hydrogen (secondary N) is 2. The second-order valence-corrected chi connectivity index (χ2v) is 5.68. The average Bonchev–Trinajstić information content (AvgIpc) is 3.10. The molecule has 0 spiro atoms. The van der Waals surface area contributed by atoms with Crippen LogP contribution in [0.4, 0.5) is 5.82 Å². The van der Waals surface area contributed by atoms with Crippen LogP contribution >= 0.6 is 0 Å². The molecule has 4 N–H and O–H groups in total. The Kier molecular flexibility index (Phi) is 6.34. The minimum absolute atomic E-state index is 0.0301. The van der Waals surface area contributed by atoms with Crippen molar-refractivity contribution in [1.82, 2.24) is 15.3 Å². The van der Waals surface area contributed by atoms with Gasteiger partial charge in [0.15, 0.2) is 24.1 Å². The van der Waals surface area contributed by atoms with Crippen LogP contribution in [0, 0.1) is 0 Å². The van der Waals surface area contributed by atoms with Crippen molar-refractivity contribution in [3.63, 3.8) is 0 Å². The molecule has 0 bridgehead atoms. The number of esters is 3. The maximum atomic E-state index is 12.3. The number of H-pyrrole nitrogens is 1. The number of amides is 1. The maximum absolute atomic E-state index is 12.3. The van der Waals surface area contributed by atoms with Crippen LogP contribution in [0.2, 0.25) is 0 Å². The number of hydrogen-bond donors (Lipinski definition) is 3. The molecule has 2 rings (SSSR count). The summed E-state index contributed by atoms with van der Waals surface area (Å²) in [5.74, 6) is -2.61. The number of nitrogens with two attached hydrogens (primary N) is 1. The molecule has 0 unspecified atom stereocenters. The van der Waals surface area contributed by atoms with E-state index in [2.05, 4.69) is 15.3 Å². The lowest BCUT2D eigenvalue weighted by molar-refractivity contribution is -0.165. The number of ether oxygens (including phenoxy) is 4. The molecule has 1 saturated heterocycles. The monoisotopic (exact) mass is 384 g/mol. The summed E-state index contributed by atoms with van der Waals surface area (Å²) < 4.78 is 20.8. The largest absolute Gasteiger partial charge is 0.463 e. The Morgan fingerprint density at radius 1 is 1.15 bits per heavy atom. The summed E-state index contributed by atoms with van der Waals surface area (Å²) in [4.78, 5) is 52.6. The number of carbonyl (C=O) groups excluding carboxylic acids is 4. The minimum Gasteiger partial charge on any atom is -0.463 e. The number of carbonyl (C=O) groups is 4. The van der Waals surface area contributed by atoms with Crippen LogP contribution < -0.4 is 11.1 Å². The van der Waals surface area contributed by atoms with Gasteiger partial charge in [0.2, 0.25) is 0 Å². The molecule has 1 aliphatic heterocycles. The van der Waals surface area contributed by atoms with Gasteiger partial charge in [0, 0.05) is 20.8 Å². The molecule has 0 aromatic carbocycles. The summed E-state index contributed by atoms with van der Waals surface area (Å²) in [5.41, 5.74) is 5.51. The number of aromatic amines is 1. The second-order valence-electron chi connectivity index (χ2n) is 5.68. The number of aromatic nitrogens is 2. The second kappa shape index (κ2) is 8.49. The van der Waals surface area contributed by atoms with Gasteiger partial charge in [-0.05, 0) is 0 Å². The van der Waals surface area contributed by atoms with E-state index in [9.17, 15) is 19.2 Å².